The van der Waals surface area contributed by atoms with Gasteiger partial charge in [-0.05, 0) is 0 Å². The number of phenols is 1. The highest BCUT2D eigenvalue weighted by Gasteiger charge is 2.25. The lowest BCUT2D eigenvalue weighted by Crippen LogP contribution is -2.20. The van der Waals surface area contributed by atoms with Gasteiger partial charge in [-0.1, -0.05) is 11.6 Å². The van der Waals surface area contributed by atoms with E-state index in [9.17, 15) is 9.90 Å². The van der Waals surface area contributed by atoms with Crippen LogP contribution in [0.2, 0.25) is 5.02 Å². The number of aromatic hydroxyl groups is 1. The predicted octanol–water partition coefficient (Wildman–Crippen LogP) is 0.916. The summed E-state index contributed by atoms with van der Waals surface area (Å²) in [6.07, 6.45) is 0. The van der Waals surface area contributed by atoms with Crippen molar-refractivity contribution in [2.24, 2.45) is 5.73 Å². The van der Waals surface area contributed by atoms with Crippen LogP contribution in [0.15, 0.2) is 6.07 Å². The summed E-state index contributed by atoms with van der Waals surface area (Å²) in [6.45, 7) is 0.667. The van der Waals surface area contributed by atoms with Gasteiger partial charge in [0.1, 0.15) is 18.8 Å². The summed E-state index contributed by atoms with van der Waals surface area (Å²) in [5, 5.41) is 9.56. The fourth-order valence-electron chi connectivity index (χ4n) is 1.37. The molecule has 1 aromatic carbocycles. The number of amides is 1. The Kier molecular flexibility index (Phi) is 2.32. The Morgan fingerprint density at radius 2 is 2.13 bits per heavy atom. The second-order valence-corrected chi connectivity index (χ2v) is 3.38. The Balaban J connectivity index is 2.68. The molecule has 0 aromatic heterocycles. The number of halogens is 1. The quantitative estimate of drug-likeness (QED) is 0.750. The van der Waals surface area contributed by atoms with Crippen molar-refractivity contribution in [2.75, 3.05) is 13.2 Å². The second kappa shape index (κ2) is 3.51. The molecule has 0 atom stereocenters. The zero-order valence-corrected chi connectivity index (χ0v) is 8.37. The van der Waals surface area contributed by atoms with E-state index in [4.69, 9.17) is 26.8 Å². The topological polar surface area (TPSA) is 81.8 Å². The van der Waals surface area contributed by atoms with Crippen LogP contribution in [0.3, 0.4) is 0 Å². The lowest BCUT2D eigenvalue weighted by Gasteiger charge is -2.21. The molecule has 80 valence electrons. The van der Waals surface area contributed by atoms with Gasteiger partial charge in [0.15, 0.2) is 17.2 Å². The molecule has 0 spiro atoms. The first-order valence-electron chi connectivity index (χ1n) is 4.22. The lowest BCUT2D eigenvalue weighted by atomic mass is 10.1. The molecule has 2 rings (SSSR count). The molecule has 0 unspecified atom stereocenters. The molecule has 6 heteroatoms. The van der Waals surface area contributed by atoms with Crippen LogP contribution in [-0.2, 0) is 0 Å². The zero-order valence-electron chi connectivity index (χ0n) is 7.62. The van der Waals surface area contributed by atoms with Crippen molar-refractivity contribution in [1.29, 1.82) is 0 Å². The molecule has 1 aromatic rings. The number of ether oxygens (including phenoxy) is 2. The molecule has 3 N–H and O–H groups in total. The monoisotopic (exact) mass is 229 g/mol. The summed E-state index contributed by atoms with van der Waals surface area (Å²) >= 11 is 5.70. The van der Waals surface area contributed by atoms with Crippen molar-refractivity contribution < 1.29 is 19.4 Å². The van der Waals surface area contributed by atoms with Gasteiger partial charge in [0, 0.05) is 6.07 Å². The van der Waals surface area contributed by atoms with Crippen molar-refractivity contribution in [2.45, 2.75) is 0 Å². The van der Waals surface area contributed by atoms with Crippen LogP contribution in [0.4, 0.5) is 0 Å². The first kappa shape index (κ1) is 9.92. The number of rotatable bonds is 1. The predicted molar refractivity (Wildman–Crippen MR) is 52.6 cm³/mol. The van der Waals surface area contributed by atoms with Crippen LogP contribution in [0.25, 0.3) is 0 Å². The van der Waals surface area contributed by atoms with Gasteiger partial charge in [-0.2, -0.15) is 0 Å². The van der Waals surface area contributed by atoms with Gasteiger partial charge in [-0.15, -0.1) is 0 Å². The van der Waals surface area contributed by atoms with E-state index in [2.05, 4.69) is 0 Å². The number of hydrogen-bond donors (Lipinski definition) is 2. The number of carbonyl (C=O) groups excluding carboxylic acids is 1. The molecule has 0 saturated carbocycles. The normalized spacial score (nSPS) is 13.7. The highest BCUT2D eigenvalue weighted by Crippen LogP contribution is 2.43. The molecular formula is C9H8ClNO4. The summed E-state index contributed by atoms with van der Waals surface area (Å²) in [5.74, 6) is -0.723. The van der Waals surface area contributed by atoms with Crippen LogP contribution in [-0.4, -0.2) is 24.2 Å². The Bertz CT molecular complexity index is 433. The zero-order chi connectivity index (χ0) is 11.0. The van der Waals surface area contributed by atoms with Crippen LogP contribution < -0.4 is 15.2 Å². The molecule has 0 saturated heterocycles. The first-order chi connectivity index (χ1) is 7.11. The minimum atomic E-state index is -0.809. The molecule has 0 bridgehead atoms. The van der Waals surface area contributed by atoms with E-state index in [1.54, 1.807) is 0 Å². The molecular weight excluding hydrogens is 222 g/mol. The maximum atomic E-state index is 11.1. The van der Waals surface area contributed by atoms with Gasteiger partial charge in [0.05, 0.1) is 5.02 Å². The highest BCUT2D eigenvalue weighted by molar-refractivity contribution is 6.33. The van der Waals surface area contributed by atoms with Gasteiger partial charge >= 0.3 is 0 Å². The number of primary amides is 1. The fourth-order valence-corrected chi connectivity index (χ4v) is 1.57. The summed E-state index contributed by atoms with van der Waals surface area (Å²) in [5.41, 5.74) is 4.97. The van der Waals surface area contributed by atoms with Crippen molar-refractivity contribution in [1.82, 2.24) is 0 Å². The largest absolute Gasteiger partial charge is 0.505 e. The summed E-state index contributed by atoms with van der Waals surface area (Å²) in [7, 11) is 0. The third kappa shape index (κ3) is 1.55. The fraction of sp³-hybridized carbons (Fsp3) is 0.222. The third-order valence-electron chi connectivity index (χ3n) is 2.01. The summed E-state index contributed by atoms with van der Waals surface area (Å²) in [6, 6.07) is 1.39. The summed E-state index contributed by atoms with van der Waals surface area (Å²) < 4.78 is 10.4. The van der Waals surface area contributed by atoms with E-state index in [1.807, 2.05) is 0 Å². The number of fused-ring (bicyclic) bond motifs is 1. The number of carbonyl (C=O) groups is 1. The van der Waals surface area contributed by atoms with Crippen LogP contribution in [0, 0.1) is 0 Å². The van der Waals surface area contributed by atoms with Gasteiger partial charge in [0.2, 0.25) is 0 Å². The third-order valence-corrected chi connectivity index (χ3v) is 2.29. The van der Waals surface area contributed by atoms with Crippen LogP contribution in [0.1, 0.15) is 10.4 Å². The molecule has 0 radical (unpaired) electrons. The second-order valence-electron chi connectivity index (χ2n) is 2.97. The molecule has 1 aliphatic heterocycles. The lowest BCUT2D eigenvalue weighted by molar-refractivity contribution is 0.0985. The maximum absolute atomic E-state index is 11.1. The van der Waals surface area contributed by atoms with E-state index >= 15 is 0 Å². The average molecular weight is 230 g/mol. The van der Waals surface area contributed by atoms with Gasteiger partial charge in [0.25, 0.3) is 5.91 Å². The minimum absolute atomic E-state index is 0.00745. The number of nitrogens with two attached hydrogens (primary N) is 1. The van der Waals surface area contributed by atoms with Crippen molar-refractivity contribution >= 4 is 17.5 Å². The van der Waals surface area contributed by atoms with Crippen LogP contribution >= 0.6 is 11.6 Å². The number of hydrogen-bond acceptors (Lipinski definition) is 4. The van der Waals surface area contributed by atoms with Crippen molar-refractivity contribution in [3.8, 4) is 17.2 Å². The van der Waals surface area contributed by atoms with E-state index in [0.717, 1.165) is 0 Å². The molecule has 1 heterocycles. The Morgan fingerprint density at radius 3 is 2.80 bits per heavy atom. The van der Waals surface area contributed by atoms with E-state index in [1.165, 1.54) is 6.07 Å². The maximum Gasteiger partial charge on any atom is 0.256 e. The SMILES string of the molecule is NC(=O)c1c(O)c(Cl)cc2c1OCCO2. The van der Waals surface area contributed by atoms with E-state index < -0.39 is 5.91 Å². The van der Waals surface area contributed by atoms with E-state index in [0.29, 0.717) is 19.0 Å². The van der Waals surface area contributed by atoms with E-state index in [-0.39, 0.29) is 22.1 Å². The Labute approximate surface area is 90.3 Å². The molecule has 5 nitrogen and oxygen atoms in total. The van der Waals surface area contributed by atoms with Gasteiger partial charge < -0.3 is 20.3 Å². The molecule has 15 heavy (non-hydrogen) atoms. The van der Waals surface area contributed by atoms with Crippen molar-refractivity contribution in [3.63, 3.8) is 0 Å². The van der Waals surface area contributed by atoms with Gasteiger partial charge in [-0.3, -0.25) is 4.79 Å². The molecule has 1 aliphatic rings. The van der Waals surface area contributed by atoms with Crippen LogP contribution in [0.5, 0.6) is 17.2 Å². The first-order valence-corrected chi connectivity index (χ1v) is 4.60. The standard InChI is InChI=1S/C9H8ClNO4/c10-4-3-5-8(15-2-1-14-5)6(7(4)12)9(11)13/h3,12H,1-2H2,(H2,11,13). The van der Waals surface area contributed by atoms with Gasteiger partial charge in [-0.25, -0.2) is 0 Å². The highest BCUT2D eigenvalue weighted by atomic mass is 35.5. The Hall–Kier alpha value is -1.62. The average Bonchev–Trinajstić information content (AvgIpc) is 2.19. The van der Waals surface area contributed by atoms with Crippen molar-refractivity contribution in [3.05, 3.63) is 16.7 Å². The molecule has 1 amide bonds. The number of benzene rings is 1. The summed E-state index contributed by atoms with van der Waals surface area (Å²) in [4.78, 5) is 11.1. The minimum Gasteiger partial charge on any atom is -0.505 e. The smallest absolute Gasteiger partial charge is 0.256 e. The molecule has 0 aliphatic carbocycles. The molecule has 0 fully saturated rings. The Morgan fingerprint density at radius 1 is 1.47 bits per heavy atom.